The van der Waals surface area contributed by atoms with Gasteiger partial charge in [0, 0.05) is 12.3 Å². The third-order valence-corrected chi connectivity index (χ3v) is 12.4. The molecule has 35 heavy (non-hydrogen) atoms. The van der Waals surface area contributed by atoms with E-state index < -0.39 is 0 Å². The van der Waals surface area contributed by atoms with E-state index in [2.05, 4.69) is 37.8 Å². The lowest BCUT2D eigenvalue weighted by Gasteiger charge is -2.64. The van der Waals surface area contributed by atoms with Crippen LogP contribution in [0.25, 0.3) is 0 Å². The second-order valence-electron chi connectivity index (χ2n) is 14.0. The topological polar surface area (TPSA) is 79.4 Å². The third-order valence-electron chi connectivity index (χ3n) is 12.4. The van der Waals surface area contributed by atoms with Crippen molar-refractivity contribution in [3.05, 3.63) is 11.7 Å². The summed E-state index contributed by atoms with van der Waals surface area (Å²) in [5.41, 5.74) is 0.608. The van der Waals surface area contributed by atoms with Crippen molar-refractivity contribution in [1.29, 1.82) is 0 Å². The van der Waals surface area contributed by atoms with Crippen molar-refractivity contribution >= 4 is 0 Å². The summed E-state index contributed by atoms with van der Waals surface area (Å²) in [7, 11) is 0. The first-order valence-electron chi connectivity index (χ1n) is 14.9. The van der Waals surface area contributed by atoms with Gasteiger partial charge >= 0.3 is 0 Å². The molecule has 0 aromatic carbocycles. The second kappa shape index (κ2) is 8.82. The number of nitrogens with zero attached hydrogens (tertiary/aromatic N) is 2. The average molecular weight is 485 g/mol. The van der Waals surface area contributed by atoms with Crippen LogP contribution in [0.2, 0.25) is 0 Å². The van der Waals surface area contributed by atoms with Crippen LogP contribution in [0.4, 0.5) is 0 Å². The van der Waals surface area contributed by atoms with Crippen LogP contribution >= 0.6 is 0 Å². The zero-order valence-electron chi connectivity index (χ0n) is 22.5. The summed E-state index contributed by atoms with van der Waals surface area (Å²) in [6.07, 6.45) is 13.2. The number of aliphatic hydroxyl groups excluding tert-OH is 2. The van der Waals surface area contributed by atoms with E-state index in [-0.39, 0.29) is 17.6 Å². The van der Waals surface area contributed by atoms with E-state index in [0.717, 1.165) is 50.2 Å². The number of hydrogen-bond donors (Lipinski definition) is 2. The van der Waals surface area contributed by atoms with E-state index in [9.17, 15) is 10.2 Å². The fourth-order valence-corrected chi connectivity index (χ4v) is 10.4. The fourth-order valence-electron chi connectivity index (χ4n) is 10.4. The van der Waals surface area contributed by atoms with Gasteiger partial charge < -0.3 is 14.7 Å². The SMILES string of the molecule is CC[C@@H]1C2C[C@H](O)CCC2(C)C2CCC3(C)C(CCC3[C@H](C)CCc3nc(C4CC4)no3)[C@@H]2[C@@H]1O. The molecule has 2 N–H and O–H groups in total. The van der Waals surface area contributed by atoms with Crippen molar-refractivity contribution in [3.63, 3.8) is 0 Å². The summed E-state index contributed by atoms with van der Waals surface area (Å²) in [4.78, 5) is 4.67. The maximum atomic E-state index is 11.9. The van der Waals surface area contributed by atoms with Gasteiger partial charge in [-0.2, -0.15) is 4.98 Å². The van der Waals surface area contributed by atoms with Crippen LogP contribution in [-0.4, -0.2) is 32.6 Å². The van der Waals surface area contributed by atoms with E-state index in [0.29, 0.717) is 52.8 Å². The van der Waals surface area contributed by atoms with Gasteiger partial charge in [-0.05, 0) is 116 Å². The Morgan fingerprint density at radius 3 is 2.46 bits per heavy atom. The normalized spacial score (nSPS) is 48.2. The van der Waals surface area contributed by atoms with Crippen LogP contribution in [0.5, 0.6) is 0 Å². The Hall–Kier alpha value is -0.940. The summed E-state index contributed by atoms with van der Waals surface area (Å²) >= 11 is 0. The first kappa shape index (κ1) is 24.4. The molecule has 11 atom stereocenters. The minimum atomic E-state index is -0.203. The summed E-state index contributed by atoms with van der Waals surface area (Å²) in [5, 5.41) is 26.6. The first-order chi connectivity index (χ1) is 16.8. The second-order valence-corrected chi connectivity index (χ2v) is 14.0. The monoisotopic (exact) mass is 484 g/mol. The summed E-state index contributed by atoms with van der Waals surface area (Å²) < 4.78 is 5.58. The quantitative estimate of drug-likeness (QED) is 0.507. The molecule has 1 heterocycles. The van der Waals surface area contributed by atoms with Gasteiger partial charge in [-0.15, -0.1) is 0 Å². The number of fused-ring (bicyclic) bond motifs is 5. The third kappa shape index (κ3) is 3.85. The first-order valence-corrected chi connectivity index (χ1v) is 14.9. The maximum absolute atomic E-state index is 11.9. The molecular weight excluding hydrogens is 436 g/mol. The highest BCUT2D eigenvalue weighted by molar-refractivity contribution is 5.13. The number of rotatable bonds is 6. The molecular formula is C30H48N2O3. The number of aryl methyl sites for hydroxylation is 1. The lowest BCUT2D eigenvalue weighted by molar-refractivity contribution is -0.203. The van der Waals surface area contributed by atoms with E-state index in [1.165, 1.54) is 38.5 Å². The van der Waals surface area contributed by atoms with Gasteiger partial charge in [0.15, 0.2) is 5.82 Å². The van der Waals surface area contributed by atoms with Crippen molar-refractivity contribution in [2.24, 2.45) is 52.3 Å². The van der Waals surface area contributed by atoms with Crippen molar-refractivity contribution in [2.45, 2.75) is 123 Å². The summed E-state index contributed by atoms with van der Waals surface area (Å²) in [6, 6.07) is 0. The molecule has 1 aromatic rings. The molecule has 6 unspecified atom stereocenters. The molecule has 5 nitrogen and oxygen atoms in total. The molecule has 1 aromatic heterocycles. The highest BCUT2D eigenvalue weighted by Gasteiger charge is 2.64. The van der Waals surface area contributed by atoms with Gasteiger partial charge in [-0.1, -0.05) is 39.3 Å². The van der Waals surface area contributed by atoms with Gasteiger partial charge in [-0.3, -0.25) is 0 Å². The predicted octanol–water partition coefficient (Wildman–Crippen LogP) is 6.14. The van der Waals surface area contributed by atoms with Gasteiger partial charge in [0.1, 0.15) is 0 Å². The Kier molecular flexibility index (Phi) is 6.15. The fraction of sp³-hybridized carbons (Fsp3) is 0.933. The van der Waals surface area contributed by atoms with Gasteiger partial charge in [0.25, 0.3) is 0 Å². The lowest BCUT2D eigenvalue weighted by atomic mass is 9.41. The van der Waals surface area contributed by atoms with E-state index in [1.807, 2.05) is 0 Å². The van der Waals surface area contributed by atoms with E-state index in [1.54, 1.807) is 0 Å². The molecule has 0 spiro atoms. The molecule has 0 saturated heterocycles. The van der Waals surface area contributed by atoms with Gasteiger partial charge in [-0.25, -0.2) is 0 Å². The number of aliphatic hydroxyl groups is 2. The minimum Gasteiger partial charge on any atom is -0.393 e. The van der Waals surface area contributed by atoms with E-state index >= 15 is 0 Å². The Balaban J connectivity index is 1.19. The zero-order chi connectivity index (χ0) is 24.5. The summed E-state index contributed by atoms with van der Waals surface area (Å²) in [5.74, 6) is 6.15. The van der Waals surface area contributed by atoms with Crippen LogP contribution in [0, 0.1) is 52.3 Å². The highest BCUT2D eigenvalue weighted by atomic mass is 16.5. The van der Waals surface area contributed by atoms with Crippen molar-refractivity contribution < 1.29 is 14.7 Å². The van der Waals surface area contributed by atoms with Crippen LogP contribution in [0.15, 0.2) is 4.52 Å². The molecule has 196 valence electrons. The molecule has 5 aliphatic carbocycles. The largest absolute Gasteiger partial charge is 0.393 e. The van der Waals surface area contributed by atoms with Crippen molar-refractivity contribution in [2.75, 3.05) is 0 Å². The number of aromatic nitrogens is 2. The molecule has 5 saturated carbocycles. The molecule has 0 aliphatic heterocycles. The molecule has 6 rings (SSSR count). The Labute approximate surface area is 211 Å². The Bertz CT molecular complexity index is 913. The molecule has 0 radical (unpaired) electrons. The predicted molar refractivity (Wildman–Crippen MR) is 136 cm³/mol. The van der Waals surface area contributed by atoms with Crippen LogP contribution in [-0.2, 0) is 6.42 Å². The van der Waals surface area contributed by atoms with Crippen LogP contribution in [0.3, 0.4) is 0 Å². The van der Waals surface area contributed by atoms with E-state index in [4.69, 9.17) is 4.52 Å². The Morgan fingerprint density at radius 2 is 1.71 bits per heavy atom. The van der Waals surface area contributed by atoms with Gasteiger partial charge in [0.2, 0.25) is 5.89 Å². The zero-order valence-corrected chi connectivity index (χ0v) is 22.5. The Morgan fingerprint density at radius 1 is 0.971 bits per heavy atom. The smallest absolute Gasteiger partial charge is 0.226 e. The molecule has 5 aliphatic rings. The molecule has 5 fully saturated rings. The van der Waals surface area contributed by atoms with Crippen molar-refractivity contribution in [1.82, 2.24) is 10.1 Å². The number of hydrogen-bond acceptors (Lipinski definition) is 5. The van der Waals surface area contributed by atoms with Crippen LogP contribution < -0.4 is 0 Å². The van der Waals surface area contributed by atoms with Crippen LogP contribution in [0.1, 0.15) is 116 Å². The van der Waals surface area contributed by atoms with Gasteiger partial charge in [0.05, 0.1) is 12.2 Å². The highest BCUT2D eigenvalue weighted by Crippen LogP contribution is 2.69. The molecule has 0 bridgehead atoms. The standard InChI is InChI=1S/C30H48N2O3/c1-5-20-24-16-19(33)12-14-30(24,4)23-13-15-29(3)21(9-10-22(29)26(23)27(20)34)17(2)6-11-25-31-28(32-35-25)18-7-8-18/h17-24,26-27,33-34H,5-16H2,1-4H3/t17-,19-,20-,21?,22?,23?,24?,26+,27-,29?,30?/m1/s1. The molecule has 5 heteroatoms. The maximum Gasteiger partial charge on any atom is 0.226 e. The van der Waals surface area contributed by atoms with Crippen molar-refractivity contribution in [3.8, 4) is 0 Å². The summed E-state index contributed by atoms with van der Waals surface area (Å²) in [6.45, 7) is 9.83. The minimum absolute atomic E-state index is 0.171. The average Bonchev–Trinajstić information content (AvgIpc) is 3.47. The molecule has 0 amide bonds. The lowest BCUT2D eigenvalue weighted by Crippen LogP contribution is -2.62.